The average Bonchev–Trinajstić information content (AvgIpc) is 2.54. The van der Waals surface area contributed by atoms with Gasteiger partial charge in [0.1, 0.15) is 0 Å². The largest absolute Gasteiger partial charge is 0.337 e. The van der Waals surface area contributed by atoms with E-state index in [1.54, 1.807) is 7.05 Å². The minimum Gasteiger partial charge on any atom is -0.337 e. The Morgan fingerprint density at radius 3 is 2.05 bits per heavy atom. The van der Waals surface area contributed by atoms with Crippen molar-refractivity contribution in [2.75, 3.05) is 20.1 Å². The lowest BCUT2D eigenvalue weighted by Crippen LogP contribution is -2.47. The van der Waals surface area contributed by atoms with E-state index in [-0.39, 0.29) is 17.6 Å². The molecule has 3 amide bonds. The minimum absolute atomic E-state index is 0. The third-order valence-corrected chi connectivity index (χ3v) is 2.23. The fourth-order valence-corrected chi connectivity index (χ4v) is 1.23. The molecule has 0 spiro atoms. The van der Waals surface area contributed by atoms with E-state index in [0.29, 0.717) is 19.5 Å². The van der Waals surface area contributed by atoms with Crippen LogP contribution in [0.2, 0.25) is 0 Å². The van der Waals surface area contributed by atoms with E-state index in [2.05, 4.69) is 28.4 Å². The Bertz CT molecular complexity index is 240. The van der Waals surface area contributed by atoms with Crippen LogP contribution in [0.15, 0.2) is 0 Å². The van der Waals surface area contributed by atoms with Crippen LogP contribution in [0.1, 0.15) is 72.4 Å². The number of carbonyl (C=O) groups is 2. The van der Waals surface area contributed by atoms with Crippen LogP contribution in [-0.2, 0) is 4.79 Å². The molecule has 6 heteroatoms. The van der Waals surface area contributed by atoms with Gasteiger partial charge in [0.05, 0.1) is 0 Å². The minimum atomic E-state index is -0.362. The number of unbranched alkanes of at least 4 members (excludes halogenated alkanes) is 3. The average molecular weight is 313 g/mol. The van der Waals surface area contributed by atoms with E-state index < -0.39 is 0 Å². The van der Waals surface area contributed by atoms with Gasteiger partial charge in [0.15, 0.2) is 0 Å². The summed E-state index contributed by atoms with van der Waals surface area (Å²) in [5.41, 5.74) is 4.63. The summed E-state index contributed by atoms with van der Waals surface area (Å²) in [5.74, 6) is -0.208. The Labute approximate surface area is 136 Å². The van der Waals surface area contributed by atoms with Crippen molar-refractivity contribution in [3.05, 3.63) is 0 Å². The van der Waals surface area contributed by atoms with Crippen molar-refractivity contribution >= 4 is 11.9 Å². The Hall–Kier alpha value is -1.30. The first-order valence-electron chi connectivity index (χ1n) is 8.18. The molecule has 0 bridgehead atoms. The second-order valence-corrected chi connectivity index (χ2v) is 3.84. The van der Waals surface area contributed by atoms with Crippen LogP contribution in [0.5, 0.6) is 0 Å². The summed E-state index contributed by atoms with van der Waals surface area (Å²) in [6, 6.07) is -0.362. The number of hydrazine groups is 1. The van der Waals surface area contributed by atoms with Crippen LogP contribution >= 0.6 is 0 Å². The van der Waals surface area contributed by atoms with Crippen LogP contribution in [0.4, 0.5) is 4.79 Å². The van der Waals surface area contributed by atoms with Gasteiger partial charge >= 0.3 is 6.03 Å². The second-order valence-electron chi connectivity index (χ2n) is 3.84. The Kier molecular flexibility index (Phi) is 28.0. The molecule has 0 aliphatic carbocycles. The number of nitrogens with one attached hydrogen (secondary N) is 4. The summed E-state index contributed by atoms with van der Waals surface area (Å²) in [4.78, 5) is 22.3. The molecular weight excluding hydrogens is 268 g/mol. The predicted molar refractivity (Wildman–Crippen MR) is 98.5 cm³/mol. The SMILES string of the molecule is CC.CC.CCCCCCNC(=O)NNC(=O)CCNC.[HH].[HH].[HH].[HH]. The maximum atomic E-state index is 11.2. The monoisotopic (exact) mass is 312 g/mol. The summed E-state index contributed by atoms with van der Waals surface area (Å²) in [7, 11) is 1.77. The lowest BCUT2D eigenvalue weighted by atomic mass is 10.2. The molecule has 0 saturated heterocycles. The van der Waals surface area contributed by atoms with Crippen molar-refractivity contribution < 1.29 is 15.3 Å². The van der Waals surface area contributed by atoms with Crippen molar-refractivity contribution in [1.82, 2.24) is 21.5 Å². The first-order chi connectivity index (χ1) is 10.2. The molecule has 0 aromatic carbocycles. The molecule has 0 unspecified atom stereocenters. The Morgan fingerprint density at radius 1 is 0.905 bits per heavy atom. The summed E-state index contributed by atoms with van der Waals surface area (Å²) in [6.45, 7) is 11.4. The van der Waals surface area contributed by atoms with E-state index in [9.17, 15) is 9.59 Å². The van der Waals surface area contributed by atoms with Crippen LogP contribution in [0, 0.1) is 0 Å². The molecule has 6 nitrogen and oxygen atoms in total. The molecule has 136 valence electrons. The first-order valence-corrected chi connectivity index (χ1v) is 8.18. The smallest absolute Gasteiger partial charge is 0.333 e. The molecule has 0 rings (SSSR count). The Morgan fingerprint density at radius 2 is 1.52 bits per heavy atom. The van der Waals surface area contributed by atoms with Gasteiger partial charge in [0.25, 0.3) is 0 Å². The van der Waals surface area contributed by atoms with Crippen molar-refractivity contribution in [3.8, 4) is 0 Å². The van der Waals surface area contributed by atoms with Crippen molar-refractivity contribution in [3.63, 3.8) is 0 Å². The van der Waals surface area contributed by atoms with Gasteiger partial charge in [-0.25, -0.2) is 10.2 Å². The lowest BCUT2D eigenvalue weighted by Gasteiger charge is -2.08. The fourth-order valence-electron chi connectivity index (χ4n) is 1.23. The summed E-state index contributed by atoms with van der Waals surface area (Å²) in [5, 5.41) is 5.52. The molecule has 21 heavy (non-hydrogen) atoms. The van der Waals surface area contributed by atoms with Crippen LogP contribution < -0.4 is 21.5 Å². The quantitative estimate of drug-likeness (QED) is 0.409. The van der Waals surface area contributed by atoms with Gasteiger partial charge in [0.2, 0.25) is 5.91 Å². The van der Waals surface area contributed by atoms with E-state index in [0.717, 1.165) is 12.8 Å². The van der Waals surface area contributed by atoms with E-state index in [4.69, 9.17) is 0 Å². The highest BCUT2D eigenvalue weighted by atomic mass is 16.2. The van der Waals surface area contributed by atoms with Gasteiger partial charge in [-0.2, -0.15) is 0 Å². The van der Waals surface area contributed by atoms with Crippen LogP contribution in [-0.4, -0.2) is 32.1 Å². The number of hydrogen-bond acceptors (Lipinski definition) is 3. The molecule has 4 N–H and O–H groups in total. The number of amides is 3. The second kappa shape index (κ2) is 23.8. The van der Waals surface area contributed by atoms with Gasteiger partial charge in [0, 0.05) is 25.2 Å². The highest BCUT2D eigenvalue weighted by Gasteiger charge is 2.02. The zero-order valence-electron chi connectivity index (χ0n) is 14.8. The highest BCUT2D eigenvalue weighted by molar-refractivity contribution is 5.81. The molecule has 0 aromatic rings. The molecular formula is C15H44N4O2. The van der Waals surface area contributed by atoms with Gasteiger partial charge in [-0.3, -0.25) is 10.2 Å². The van der Waals surface area contributed by atoms with E-state index >= 15 is 0 Å². The van der Waals surface area contributed by atoms with Crippen molar-refractivity contribution in [2.24, 2.45) is 0 Å². The zero-order valence-corrected chi connectivity index (χ0v) is 14.8. The molecule has 0 saturated carbocycles. The zero-order chi connectivity index (χ0) is 16.9. The highest BCUT2D eigenvalue weighted by Crippen LogP contribution is 1.96. The Balaban J connectivity index is -0.0000000751. The topological polar surface area (TPSA) is 82.3 Å². The first kappa shape index (κ1) is 24.7. The van der Waals surface area contributed by atoms with Gasteiger partial charge in [-0.1, -0.05) is 53.9 Å². The van der Waals surface area contributed by atoms with Gasteiger partial charge < -0.3 is 10.6 Å². The third kappa shape index (κ3) is 24.1. The molecule has 0 atom stereocenters. The van der Waals surface area contributed by atoms with E-state index in [1.165, 1.54) is 12.8 Å². The predicted octanol–water partition coefficient (Wildman–Crippen LogP) is 3.54. The molecule has 0 fully saturated rings. The van der Waals surface area contributed by atoms with Crippen LogP contribution in [0.25, 0.3) is 0 Å². The molecule has 0 aliphatic rings. The normalized spacial score (nSPS) is 8.48. The van der Waals surface area contributed by atoms with Crippen molar-refractivity contribution in [2.45, 2.75) is 66.7 Å². The third-order valence-electron chi connectivity index (χ3n) is 2.23. The molecule has 0 radical (unpaired) electrons. The number of rotatable bonds is 8. The van der Waals surface area contributed by atoms with Gasteiger partial charge in [-0.05, 0) is 13.5 Å². The summed E-state index contributed by atoms with van der Waals surface area (Å²) < 4.78 is 0. The fraction of sp³-hybridized carbons (Fsp3) is 0.867. The number of hydrogen-bond donors (Lipinski definition) is 4. The number of urea groups is 1. The van der Waals surface area contributed by atoms with Crippen LogP contribution in [0.3, 0.4) is 0 Å². The summed E-state index contributed by atoms with van der Waals surface area (Å²) in [6.07, 6.45) is 4.78. The van der Waals surface area contributed by atoms with E-state index in [1.807, 2.05) is 27.7 Å². The van der Waals surface area contributed by atoms with Gasteiger partial charge in [-0.15, -0.1) is 0 Å². The maximum Gasteiger partial charge on any atom is 0.333 e. The van der Waals surface area contributed by atoms with Crippen molar-refractivity contribution in [1.29, 1.82) is 0 Å². The molecule has 0 aliphatic heterocycles. The standard InChI is InChI=1S/C11H24N4O2.2C2H6.4H2/c1-3-4-5-6-8-13-11(17)15-14-10(16)7-9-12-2;2*1-2;;;;/h12H,3-9H2,1-2H3,(H,14,16)(H2,13,15,17);2*1-2H3;4*1H. The summed E-state index contributed by atoms with van der Waals surface area (Å²) >= 11 is 0. The lowest BCUT2D eigenvalue weighted by molar-refractivity contribution is -0.121. The number of carbonyl (C=O) groups excluding carboxylic acids is 2. The molecule has 0 heterocycles. The molecule has 0 aromatic heterocycles. The maximum absolute atomic E-state index is 11.2.